The Balaban J connectivity index is 2.05. The summed E-state index contributed by atoms with van der Waals surface area (Å²) in [5.74, 6) is 2.61. The number of nitrogens with zero attached hydrogens (tertiary/aromatic N) is 1. The molecule has 0 bridgehead atoms. The predicted molar refractivity (Wildman–Crippen MR) is 69.3 cm³/mol. The Bertz CT molecular complexity index is 241. The number of hydrogen-bond donors (Lipinski definition) is 1. The van der Waals surface area contributed by atoms with Crippen molar-refractivity contribution in [3.8, 4) is 0 Å². The first kappa shape index (κ1) is 12.4. The van der Waals surface area contributed by atoms with Gasteiger partial charge in [-0.3, -0.25) is 4.90 Å². The Morgan fingerprint density at radius 1 is 1.19 bits per heavy atom. The second-order valence-electron chi connectivity index (χ2n) is 6.47. The van der Waals surface area contributed by atoms with Crippen LogP contribution in [0.3, 0.4) is 0 Å². The molecule has 0 amide bonds. The fourth-order valence-corrected chi connectivity index (χ4v) is 3.66. The van der Waals surface area contributed by atoms with Crippen LogP contribution < -0.4 is 5.73 Å². The number of hydrogen-bond acceptors (Lipinski definition) is 2. The highest BCUT2D eigenvalue weighted by Crippen LogP contribution is 2.40. The molecule has 1 saturated heterocycles. The van der Waals surface area contributed by atoms with Crippen molar-refractivity contribution >= 4 is 0 Å². The second-order valence-corrected chi connectivity index (χ2v) is 6.47. The minimum absolute atomic E-state index is 0.355. The molecule has 1 aliphatic heterocycles. The first-order valence-corrected chi connectivity index (χ1v) is 7.02. The lowest BCUT2D eigenvalue weighted by molar-refractivity contribution is 0.0324. The van der Waals surface area contributed by atoms with Crippen molar-refractivity contribution in [1.29, 1.82) is 0 Å². The van der Waals surface area contributed by atoms with Gasteiger partial charge in [-0.1, -0.05) is 20.8 Å². The summed E-state index contributed by atoms with van der Waals surface area (Å²) in [5.41, 5.74) is 6.46. The zero-order valence-electron chi connectivity index (χ0n) is 11.2. The maximum Gasteiger partial charge on any atom is 0.0334 e. The Kier molecular flexibility index (Phi) is 3.60. The summed E-state index contributed by atoms with van der Waals surface area (Å²) in [4.78, 5) is 2.72. The Morgan fingerprint density at radius 3 is 2.44 bits per heavy atom. The third-order valence-corrected chi connectivity index (χ3v) is 5.22. The molecule has 16 heavy (non-hydrogen) atoms. The van der Waals surface area contributed by atoms with Gasteiger partial charge in [0.15, 0.2) is 0 Å². The largest absolute Gasteiger partial charge is 0.329 e. The monoisotopic (exact) mass is 224 g/mol. The SMILES string of the molecule is CC1CCC(CN)(N2CCC(C)C(C)C2)C1. The molecule has 0 aromatic rings. The van der Waals surface area contributed by atoms with Gasteiger partial charge in [-0.05, 0) is 50.0 Å². The van der Waals surface area contributed by atoms with Gasteiger partial charge in [0, 0.05) is 18.6 Å². The van der Waals surface area contributed by atoms with Gasteiger partial charge in [0.05, 0.1) is 0 Å². The number of nitrogens with two attached hydrogens (primary N) is 1. The van der Waals surface area contributed by atoms with Crippen LogP contribution in [-0.2, 0) is 0 Å². The van der Waals surface area contributed by atoms with Crippen LogP contribution in [0.1, 0.15) is 46.5 Å². The molecule has 2 rings (SSSR count). The van der Waals surface area contributed by atoms with E-state index in [2.05, 4.69) is 25.7 Å². The smallest absolute Gasteiger partial charge is 0.0334 e. The quantitative estimate of drug-likeness (QED) is 0.781. The predicted octanol–water partition coefficient (Wildman–Crippen LogP) is 2.48. The summed E-state index contributed by atoms with van der Waals surface area (Å²) in [5, 5.41) is 0. The zero-order chi connectivity index (χ0) is 11.8. The summed E-state index contributed by atoms with van der Waals surface area (Å²) >= 11 is 0. The van der Waals surface area contributed by atoms with Crippen molar-refractivity contribution in [3.63, 3.8) is 0 Å². The molecule has 2 heteroatoms. The highest BCUT2D eigenvalue weighted by atomic mass is 15.2. The van der Waals surface area contributed by atoms with Crippen molar-refractivity contribution in [1.82, 2.24) is 4.90 Å². The van der Waals surface area contributed by atoms with Gasteiger partial charge in [0.1, 0.15) is 0 Å². The molecule has 2 N–H and O–H groups in total. The highest BCUT2D eigenvalue weighted by Gasteiger charge is 2.43. The summed E-state index contributed by atoms with van der Waals surface area (Å²) in [7, 11) is 0. The molecule has 0 spiro atoms. The first-order valence-electron chi connectivity index (χ1n) is 7.02. The van der Waals surface area contributed by atoms with Crippen molar-refractivity contribution < 1.29 is 0 Å². The second kappa shape index (κ2) is 4.66. The van der Waals surface area contributed by atoms with Crippen molar-refractivity contribution in [2.75, 3.05) is 19.6 Å². The molecule has 2 fully saturated rings. The lowest BCUT2D eigenvalue weighted by Gasteiger charge is -2.46. The third-order valence-electron chi connectivity index (χ3n) is 5.22. The lowest BCUT2D eigenvalue weighted by Crippen LogP contribution is -2.56. The molecular weight excluding hydrogens is 196 g/mol. The summed E-state index contributed by atoms with van der Waals surface area (Å²) in [6.07, 6.45) is 5.38. The van der Waals surface area contributed by atoms with E-state index in [0.717, 1.165) is 24.3 Å². The molecular formula is C14H28N2. The van der Waals surface area contributed by atoms with Gasteiger partial charge in [-0.15, -0.1) is 0 Å². The summed E-state index contributed by atoms with van der Waals surface area (Å²) in [6.45, 7) is 10.6. The van der Waals surface area contributed by atoms with Gasteiger partial charge in [-0.25, -0.2) is 0 Å². The van der Waals surface area contributed by atoms with E-state index in [0.29, 0.717) is 5.54 Å². The molecule has 0 aromatic heterocycles. The third kappa shape index (κ3) is 2.14. The number of rotatable bonds is 2. The van der Waals surface area contributed by atoms with E-state index in [1.54, 1.807) is 0 Å². The minimum atomic E-state index is 0.355. The van der Waals surface area contributed by atoms with Crippen LogP contribution >= 0.6 is 0 Å². The van der Waals surface area contributed by atoms with E-state index in [1.165, 1.54) is 38.8 Å². The van der Waals surface area contributed by atoms with Crippen LogP contribution in [0.15, 0.2) is 0 Å². The normalized spacial score (nSPS) is 46.1. The fraction of sp³-hybridized carbons (Fsp3) is 1.00. The summed E-state index contributed by atoms with van der Waals surface area (Å²) < 4.78 is 0. The molecule has 1 saturated carbocycles. The maximum atomic E-state index is 6.10. The average Bonchev–Trinajstić information content (AvgIpc) is 2.65. The van der Waals surface area contributed by atoms with E-state index in [1.807, 2.05) is 0 Å². The Morgan fingerprint density at radius 2 is 1.94 bits per heavy atom. The Labute approximate surface area is 101 Å². The van der Waals surface area contributed by atoms with Crippen LogP contribution in [-0.4, -0.2) is 30.1 Å². The molecule has 2 nitrogen and oxygen atoms in total. The van der Waals surface area contributed by atoms with Crippen LogP contribution in [0, 0.1) is 17.8 Å². The van der Waals surface area contributed by atoms with Crippen molar-refractivity contribution in [2.45, 2.75) is 52.0 Å². The van der Waals surface area contributed by atoms with Gasteiger partial charge >= 0.3 is 0 Å². The van der Waals surface area contributed by atoms with E-state index in [-0.39, 0.29) is 0 Å². The van der Waals surface area contributed by atoms with Crippen LogP contribution in [0.25, 0.3) is 0 Å². The van der Waals surface area contributed by atoms with Crippen LogP contribution in [0.5, 0.6) is 0 Å². The topological polar surface area (TPSA) is 29.3 Å². The van der Waals surface area contributed by atoms with Gasteiger partial charge in [0.25, 0.3) is 0 Å². The minimum Gasteiger partial charge on any atom is -0.329 e. The van der Waals surface area contributed by atoms with Crippen LogP contribution in [0.2, 0.25) is 0 Å². The molecule has 4 unspecified atom stereocenters. The van der Waals surface area contributed by atoms with Gasteiger partial charge in [0.2, 0.25) is 0 Å². The molecule has 0 aromatic carbocycles. The zero-order valence-corrected chi connectivity index (χ0v) is 11.2. The maximum absolute atomic E-state index is 6.10. The Hall–Kier alpha value is -0.0800. The van der Waals surface area contributed by atoms with Gasteiger partial charge in [-0.2, -0.15) is 0 Å². The van der Waals surface area contributed by atoms with E-state index < -0.39 is 0 Å². The molecule has 94 valence electrons. The highest BCUT2D eigenvalue weighted by molar-refractivity contribution is 4.99. The van der Waals surface area contributed by atoms with Crippen molar-refractivity contribution in [2.24, 2.45) is 23.5 Å². The number of likely N-dealkylation sites (tertiary alicyclic amines) is 1. The summed E-state index contributed by atoms with van der Waals surface area (Å²) in [6, 6.07) is 0. The van der Waals surface area contributed by atoms with E-state index in [4.69, 9.17) is 5.73 Å². The first-order chi connectivity index (χ1) is 7.57. The average molecular weight is 224 g/mol. The molecule has 1 aliphatic carbocycles. The molecule has 2 aliphatic rings. The van der Waals surface area contributed by atoms with E-state index >= 15 is 0 Å². The number of piperidine rings is 1. The lowest BCUT2D eigenvalue weighted by atomic mass is 9.84. The van der Waals surface area contributed by atoms with Crippen molar-refractivity contribution in [3.05, 3.63) is 0 Å². The van der Waals surface area contributed by atoms with Gasteiger partial charge < -0.3 is 5.73 Å². The molecule has 4 atom stereocenters. The van der Waals surface area contributed by atoms with E-state index in [9.17, 15) is 0 Å². The molecule has 1 heterocycles. The molecule has 0 radical (unpaired) electrons. The standard InChI is InChI=1S/C14H28N2/c1-11-4-6-14(8-11,10-15)16-7-5-12(2)13(3)9-16/h11-13H,4-10,15H2,1-3H3. The fourth-order valence-electron chi connectivity index (χ4n) is 3.66. The van der Waals surface area contributed by atoms with Crippen LogP contribution in [0.4, 0.5) is 0 Å².